The minimum atomic E-state index is -0.571. The molecule has 6 aliphatic rings. The van der Waals surface area contributed by atoms with Gasteiger partial charge in [0.25, 0.3) is 0 Å². The standard InChI is InChI=1S/C108H68N6O2/c1-106(2)93-62-72(56-58-83(93)84-59-57-75(63-94(84)106)104-111-100(68-22-4-3-5-23-68)109-101(112-104)70-52-46-65(47-53-70)77-32-20-40-91-98(77)115-95-42-16-14-38-89(95)107(91)85-34-10-6-28-79(85)80-29-7-11-35-86(80)107)64-44-50-69(51-45-64)102-110-103(114-105(113-102)76-60-73-26-18-24-67-25-19-27-74(61-76)97(67)73)71-54-48-66(49-55-71)78-33-21-41-92-99(78)116-96-43-17-15-39-90(96)108(92)87-36-12-8-30-81(87)82-31-9-13-37-88(82)108/h3-24,26-63H,25H2,1-2H3. The second-order valence-corrected chi connectivity index (χ2v) is 31.8. The molecule has 0 amide bonds. The van der Waals surface area contributed by atoms with Gasteiger partial charge in [-0.25, -0.2) is 29.9 Å². The van der Waals surface area contributed by atoms with Crippen molar-refractivity contribution in [3.63, 3.8) is 0 Å². The monoisotopic (exact) mass is 1480 g/mol. The van der Waals surface area contributed by atoms with Crippen LogP contribution in [0.15, 0.2) is 358 Å². The highest BCUT2D eigenvalue weighted by molar-refractivity contribution is 5.99. The van der Waals surface area contributed by atoms with Crippen molar-refractivity contribution >= 4 is 16.8 Å². The Hall–Kier alpha value is -14.9. The Morgan fingerprint density at radius 2 is 0.586 bits per heavy atom. The molecule has 2 aliphatic heterocycles. The third-order valence-corrected chi connectivity index (χ3v) is 25.4. The highest BCUT2D eigenvalue weighted by atomic mass is 16.5. The Morgan fingerprint density at radius 1 is 0.241 bits per heavy atom. The van der Waals surface area contributed by atoms with E-state index in [9.17, 15) is 0 Å². The number of para-hydroxylation sites is 4. The smallest absolute Gasteiger partial charge is 0.164 e. The first-order valence-corrected chi connectivity index (χ1v) is 39.8. The first kappa shape index (κ1) is 65.8. The van der Waals surface area contributed by atoms with Crippen molar-refractivity contribution in [2.75, 3.05) is 0 Å². The summed E-state index contributed by atoms with van der Waals surface area (Å²) in [7, 11) is 0. The van der Waals surface area contributed by atoms with Gasteiger partial charge in [0.2, 0.25) is 0 Å². The van der Waals surface area contributed by atoms with Gasteiger partial charge >= 0.3 is 0 Å². The number of benzene rings is 16. The number of allylic oxidation sites excluding steroid dienone is 1. The van der Waals surface area contributed by atoms with Crippen molar-refractivity contribution in [1.29, 1.82) is 0 Å². The molecule has 0 bridgehead atoms. The van der Waals surface area contributed by atoms with Gasteiger partial charge in [0.05, 0.1) is 10.8 Å². The zero-order valence-electron chi connectivity index (χ0n) is 63.3. The van der Waals surface area contributed by atoms with Crippen molar-refractivity contribution in [3.8, 4) is 158 Å². The van der Waals surface area contributed by atoms with Gasteiger partial charge in [-0.15, -0.1) is 0 Å². The van der Waals surface area contributed by atoms with Crippen LogP contribution in [-0.2, 0) is 22.7 Å². The summed E-state index contributed by atoms with van der Waals surface area (Å²) in [5, 5.41) is 2.44. The molecule has 16 aromatic carbocycles. The molecule has 4 heterocycles. The van der Waals surface area contributed by atoms with Crippen LogP contribution >= 0.6 is 0 Å². The van der Waals surface area contributed by atoms with Gasteiger partial charge in [0, 0.05) is 72.2 Å². The third-order valence-electron chi connectivity index (χ3n) is 25.4. The minimum Gasteiger partial charge on any atom is -0.456 e. The van der Waals surface area contributed by atoms with Crippen LogP contribution in [0.3, 0.4) is 0 Å². The molecular weight excluding hydrogens is 1410 g/mol. The average Bonchev–Trinajstić information content (AvgIpc) is 1.51. The summed E-state index contributed by atoms with van der Waals surface area (Å²) in [5.41, 5.74) is 32.1. The Kier molecular flexibility index (Phi) is 14.2. The average molecular weight is 1480 g/mol. The maximum atomic E-state index is 7.10. The minimum absolute atomic E-state index is 0.371. The lowest BCUT2D eigenvalue weighted by Crippen LogP contribution is -2.32. The summed E-state index contributed by atoms with van der Waals surface area (Å²) in [6.07, 6.45) is 5.38. The lowest BCUT2D eigenvalue weighted by molar-refractivity contribution is 0.438. The Bertz CT molecular complexity index is 7170. The number of nitrogens with zero attached hydrogens (tertiary/aromatic N) is 6. The van der Waals surface area contributed by atoms with E-state index < -0.39 is 10.8 Å². The first-order chi connectivity index (χ1) is 57.2. The van der Waals surface area contributed by atoms with Crippen molar-refractivity contribution in [1.82, 2.24) is 29.9 Å². The Morgan fingerprint density at radius 3 is 1.07 bits per heavy atom. The fraction of sp³-hybridized carbons (Fsp3) is 0.0556. The lowest BCUT2D eigenvalue weighted by Gasteiger charge is -2.40. The van der Waals surface area contributed by atoms with E-state index in [1.54, 1.807) is 0 Å². The van der Waals surface area contributed by atoms with Crippen LogP contribution in [0.5, 0.6) is 23.0 Å². The van der Waals surface area contributed by atoms with E-state index in [0.717, 1.165) is 129 Å². The normalized spacial score (nSPS) is 14.2. The molecule has 4 aliphatic carbocycles. The van der Waals surface area contributed by atoms with Crippen molar-refractivity contribution < 1.29 is 9.47 Å². The highest BCUT2D eigenvalue weighted by Gasteiger charge is 2.53. The van der Waals surface area contributed by atoms with Crippen LogP contribution in [0, 0.1) is 0 Å². The summed E-state index contributed by atoms with van der Waals surface area (Å²) in [5.74, 6) is 7.00. The van der Waals surface area contributed by atoms with Crippen LogP contribution in [0.4, 0.5) is 0 Å². The maximum absolute atomic E-state index is 7.10. The summed E-state index contributed by atoms with van der Waals surface area (Å²) in [4.78, 5) is 31.9. The molecule has 0 saturated heterocycles. The van der Waals surface area contributed by atoms with Crippen molar-refractivity contribution in [2.24, 2.45) is 0 Å². The molecule has 542 valence electrons. The molecule has 24 rings (SSSR count). The SMILES string of the molecule is CC1(C)c2cc(-c3ccc(-c4nc(-c5ccc(-c6cccc7c6Oc6ccccc6C76c7ccccc7-c7ccccc76)cc5)nc(-c5cc6c7c(cccc7c5)CC=C6)n4)cc3)ccc2-c2ccc(-c3nc(-c4ccccc4)nc(-c4ccc(-c5cccc6c5Oc5ccccc5C65c6ccccc6-c6ccccc65)cc4)n3)cc21. The molecule has 0 atom stereocenters. The Balaban J connectivity index is 0.549. The molecule has 18 aromatic rings. The van der Waals surface area contributed by atoms with Gasteiger partial charge in [0.1, 0.15) is 23.0 Å². The van der Waals surface area contributed by atoms with Crippen molar-refractivity contribution in [3.05, 3.63) is 425 Å². The molecule has 0 saturated carbocycles. The third kappa shape index (κ3) is 9.61. The zero-order chi connectivity index (χ0) is 76.5. The molecule has 0 unspecified atom stereocenters. The fourth-order valence-electron chi connectivity index (χ4n) is 20.1. The lowest BCUT2D eigenvalue weighted by atomic mass is 9.65. The van der Waals surface area contributed by atoms with E-state index >= 15 is 0 Å². The highest BCUT2D eigenvalue weighted by Crippen LogP contribution is 2.66. The number of hydrogen-bond donors (Lipinski definition) is 0. The molecule has 8 heteroatoms. The van der Waals surface area contributed by atoms with Gasteiger partial charge in [-0.2, -0.15) is 0 Å². The number of hydrogen-bond acceptors (Lipinski definition) is 8. The topological polar surface area (TPSA) is 95.8 Å². The molecule has 2 spiro atoms. The van der Waals surface area contributed by atoms with Gasteiger partial charge in [0.15, 0.2) is 34.9 Å². The van der Waals surface area contributed by atoms with Gasteiger partial charge < -0.3 is 9.47 Å². The second kappa shape index (κ2) is 25.1. The van der Waals surface area contributed by atoms with Crippen LogP contribution in [0.25, 0.3) is 152 Å². The second-order valence-electron chi connectivity index (χ2n) is 31.8. The Labute approximate surface area is 671 Å². The van der Waals surface area contributed by atoms with E-state index in [4.69, 9.17) is 39.4 Å². The maximum Gasteiger partial charge on any atom is 0.164 e. The zero-order valence-corrected chi connectivity index (χ0v) is 63.3. The van der Waals surface area contributed by atoms with Gasteiger partial charge in [-0.1, -0.05) is 341 Å². The predicted octanol–water partition coefficient (Wildman–Crippen LogP) is 26.0. The summed E-state index contributed by atoms with van der Waals surface area (Å²) in [6, 6.07) is 127. The van der Waals surface area contributed by atoms with Gasteiger partial charge in [-0.3, -0.25) is 0 Å². The van der Waals surface area contributed by atoms with Crippen LogP contribution in [0.1, 0.15) is 80.6 Å². The van der Waals surface area contributed by atoms with E-state index in [1.165, 1.54) is 77.7 Å². The van der Waals surface area contributed by atoms with E-state index in [1.807, 2.05) is 18.2 Å². The van der Waals surface area contributed by atoms with Crippen LogP contribution in [0.2, 0.25) is 0 Å². The van der Waals surface area contributed by atoms with E-state index in [0.29, 0.717) is 34.9 Å². The van der Waals surface area contributed by atoms with E-state index in [-0.39, 0.29) is 5.41 Å². The van der Waals surface area contributed by atoms with Crippen molar-refractivity contribution in [2.45, 2.75) is 36.5 Å². The van der Waals surface area contributed by atoms with Gasteiger partial charge in [-0.05, 0) is 154 Å². The van der Waals surface area contributed by atoms with Crippen LogP contribution in [-0.4, -0.2) is 29.9 Å². The number of aromatic nitrogens is 6. The summed E-state index contributed by atoms with van der Waals surface area (Å²) in [6.45, 7) is 4.66. The van der Waals surface area contributed by atoms with Crippen LogP contribution < -0.4 is 9.47 Å². The summed E-state index contributed by atoms with van der Waals surface area (Å²) < 4.78 is 14.2. The number of rotatable bonds is 9. The van der Waals surface area contributed by atoms with E-state index in [2.05, 4.69) is 360 Å². The number of fused-ring (bicyclic) bond motifs is 21. The predicted molar refractivity (Wildman–Crippen MR) is 465 cm³/mol. The molecular formula is C108H68N6O2. The summed E-state index contributed by atoms with van der Waals surface area (Å²) >= 11 is 0. The molecule has 0 N–H and O–H groups in total. The largest absolute Gasteiger partial charge is 0.456 e. The first-order valence-electron chi connectivity index (χ1n) is 39.8. The number of ether oxygens (including phenoxy) is 2. The fourth-order valence-corrected chi connectivity index (χ4v) is 20.1. The molecule has 0 radical (unpaired) electrons. The molecule has 116 heavy (non-hydrogen) atoms. The molecule has 0 fully saturated rings. The quantitative estimate of drug-likeness (QED) is 0.141. The molecule has 2 aromatic heterocycles. The molecule has 8 nitrogen and oxygen atoms in total.